The Balaban J connectivity index is 1.43. The van der Waals surface area contributed by atoms with E-state index in [2.05, 4.69) is 68.8 Å². The van der Waals surface area contributed by atoms with Gasteiger partial charge in [-0.15, -0.1) is 0 Å². The minimum absolute atomic E-state index is 0.0383. The zero-order chi connectivity index (χ0) is 94.5. The first-order chi connectivity index (χ1) is 58.5. The summed E-state index contributed by atoms with van der Waals surface area (Å²) in [5.41, 5.74) is 22.5. The van der Waals surface area contributed by atoms with E-state index in [9.17, 15) is 102 Å². The van der Waals surface area contributed by atoms with Gasteiger partial charge >= 0.3 is 5.97 Å². The number of carbonyl (C=O) groups is 18. The first kappa shape index (κ1) is 107. The lowest BCUT2D eigenvalue weighted by atomic mass is 9.95. The fourth-order valence-electron chi connectivity index (χ4n) is 15.5. The van der Waals surface area contributed by atoms with E-state index in [0.29, 0.717) is 32.1 Å². The third-order valence-corrected chi connectivity index (χ3v) is 23.4. The number of nitrogens with two attached hydrogens (primary N) is 4. The SMILES string of the molecule is CC[C@H](C)[C@H](NC(=O)[C@@H]1CCCN1C(=O)CNC(=O)[C@@H]1CCCN1C(=O)[C@H](CC(C)C)NC(=O)[C@@H](NC(=O)[C@@H](NC(=O)[C@@H](NC(=O)[C@@H](NC(=O)[C@@H]1CCCN1C(=O)[C@H](CO)NC(=O)[C@@H]1CCCN1C(=O)[C@H](CCC(N)=O)NC(=O)[C@@H](NC(=O)[C@@H](NC(=O)[C@@H](NC(=O)[C@@H](N)CCCN=C(N)N)C(C)C)C(C)C)[C@@H](C)CC)C(C)C)C(C)C)C(C)C)[C@@H](C)O)C(=O)O. The lowest BCUT2D eigenvalue weighted by Gasteiger charge is -2.33. The molecule has 4 rings (SSSR count). The molecule has 23 N–H and O–H groups in total. The number of aliphatic carboxylic acids is 1. The van der Waals surface area contributed by atoms with Crippen LogP contribution in [0, 0.1) is 47.3 Å². The smallest absolute Gasteiger partial charge is 0.326 e. The molecule has 4 saturated heterocycles. The average molecular weight is 1770 g/mol. The maximum Gasteiger partial charge on any atom is 0.326 e. The van der Waals surface area contributed by atoms with Gasteiger partial charge in [0.05, 0.1) is 25.3 Å². The van der Waals surface area contributed by atoms with Gasteiger partial charge in [-0.05, 0) is 131 Å². The molecule has 42 heteroatoms. The van der Waals surface area contributed by atoms with Crippen molar-refractivity contribution in [3.8, 4) is 0 Å². The molecule has 4 aliphatic rings. The molecule has 4 aliphatic heterocycles. The van der Waals surface area contributed by atoms with Gasteiger partial charge in [0.15, 0.2) is 5.96 Å². The summed E-state index contributed by atoms with van der Waals surface area (Å²) in [5, 5.41) is 63.3. The van der Waals surface area contributed by atoms with Gasteiger partial charge in [-0.3, -0.25) is 86.5 Å². The van der Waals surface area contributed by atoms with E-state index in [-0.39, 0.29) is 102 Å². The van der Waals surface area contributed by atoms with Crippen molar-refractivity contribution in [3.63, 3.8) is 0 Å². The predicted octanol–water partition coefficient (Wildman–Crippen LogP) is -4.08. The second-order valence-corrected chi connectivity index (χ2v) is 35.5. The fourth-order valence-corrected chi connectivity index (χ4v) is 15.5. The summed E-state index contributed by atoms with van der Waals surface area (Å²) < 4.78 is 0. The van der Waals surface area contributed by atoms with E-state index < -0.39 is 270 Å². The van der Waals surface area contributed by atoms with E-state index in [4.69, 9.17) is 22.9 Å². The van der Waals surface area contributed by atoms with Crippen molar-refractivity contribution in [2.24, 2.45) is 75.3 Å². The van der Waals surface area contributed by atoms with Crippen LogP contribution in [0.1, 0.15) is 214 Å². The van der Waals surface area contributed by atoms with Crippen LogP contribution in [0.5, 0.6) is 0 Å². The number of carbonyl (C=O) groups excluding carboxylic acids is 17. The predicted molar refractivity (Wildman–Crippen MR) is 458 cm³/mol. The highest BCUT2D eigenvalue weighted by Gasteiger charge is 2.47. The number of guanidine groups is 1. The maximum absolute atomic E-state index is 14.7. The van der Waals surface area contributed by atoms with Crippen molar-refractivity contribution >= 4 is 112 Å². The summed E-state index contributed by atoms with van der Waals surface area (Å²) in [6.45, 7) is 26.8. The molecule has 19 atom stereocenters. The molecular weight excluding hydrogens is 1630 g/mol. The summed E-state index contributed by atoms with van der Waals surface area (Å²) >= 11 is 0. The number of aliphatic hydroxyl groups excluding tert-OH is 2. The standard InChI is InChI=1S/C83H143N21O21/c1-18-46(15)64(98-75(117)62(44(11)12)96-72(114)59(41(5)6)93-67(109)49(84)25-20-32-88-83(86)87)77(119)90-50(30-31-57(85)107)79(121)103-35-23-28-55(103)69(111)92-52(39-105)81(123)104-36-24-29-56(104)71(113)94-60(42(7)8)73(115)95-61(43(9)10)74(116)97-63(45(13)14)76(118)100-66(48(17)106)78(120)91-51(37-40(3)4)80(122)102-34-22-26-53(102)68(110)89-38-58(108)101-33-21-27-54(101)70(112)99-65(82(124)125)47(16)19-2/h40-56,59-66,105-106H,18-39,84H2,1-17H3,(H2,85,107)(H,89,110)(H,90,119)(H,91,120)(H,92,111)(H,93,109)(H,94,113)(H,95,115)(H,96,114)(H,97,116)(H,98,117)(H,99,112)(H,100,118)(H,124,125)(H4,86,87,88)/t46-,47-,48+,49-,50-,51-,52-,53-,54-,55-,56-,59-,60-,61-,62-,63-,64-,65-,66-/m0/s1. The van der Waals surface area contributed by atoms with Gasteiger partial charge < -0.3 is 122 Å². The zero-order valence-corrected chi connectivity index (χ0v) is 75.7. The minimum atomic E-state index is -1.73. The molecular formula is C83H143N21O21. The Hall–Kier alpha value is -10.4. The molecule has 0 spiro atoms. The Labute approximate surface area is 732 Å². The molecule has 0 aromatic rings. The first-order valence-corrected chi connectivity index (χ1v) is 44.0. The van der Waals surface area contributed by atoms with Gasteiger partial charge in [0.1, 0.15) is 90.6 Å². The van der Waals surface area contributed by atoms with Gasteiger partial charge in [0, 0.05) is 39.1 Å². The van der Waals surface area contributed by atoms with E-state index in [1.807, 2.05) is 0 Å². The highest BCUT2D eigenvalue weighted by molar-refractivity contribution is 6.02. The second kappa shape index (κ2) is 50.7. The average Bonchev–Trinajstić information content (AvgIpc) is 1.72. The molecule has 4 fully saturated rings. The van der Waals surface area contributed by atoms with Gasteiger partial charge in [-0.2, -0.15) is 0 Å². The normalized spacial score (nSPS) is 20.0. The van der Waals surface area contributed by atoms with Crippen LogP contribution in [0.4, 0.5) is 0 Å². The Morgan fingerprint density at radius 3 is 1.13 bits per heavy atom. The highest BCUT2D eigenvalue weighted by atomic mass is 16.4. The third kappa shape index (κ3) is 31.3. The topological polar surface area (TPSA) is 642 Å². The molecule has 0 radical (unpaired) electrons. The molecule has 0 saturated carbocycles. The quantitative estimate of drug-likeness (QED) is 0.0156. The number of carboxylic acids is 1. The Bertz CT molecular complexity index is 3800. The highest BCUT2D eigenvalue weighted by Crippen LogP contribution is 2.27. The summed E-state index contributed by atoms with van der Waals surface area (Å²) in [6.07, 6.45) is 0.928. The van der Waals surface area contributed by atoms with Crippen LogP contribution in [0.3, 0.4) is 0 Å². The number of nitrogens with one attached hydrogen (secondary N) is 12. The second-order valence-electron chi connectivity index (χ2n) is 35.5. The molecule has 4 heterocycles. The number of hydrogen-bond donors (Lipinski definition) is 19. The number of aliphatic imine (C=N–C) groups is 1. The number of amides is 17. The van der Waals surface area contributed by atoms with Crippen molar-refractivity contribution in [2.45, 2.75) is 317 Å². The molecule has 0 aromatic carbocycles. The van der Waals surface area contributed by atoms with Gasteiger partial charge in [-0.1, -0.05) is 124 Å². The number of likely N-dealkylation sites (tertiary alicyclic amines) is 4. The number of rotatable bonds is 49. The van der Waals surface area contributed by atoms with Gasteiger partial charge in [0.2, 0.25) is 100 Å². The molecule has 706 valence electrons. The van der Waals surface area contributed by atoms with Crippen LogP contribution in [0.15, 0.2) is 4.99 Å². The fraction of sp³-hybridized carbons (Fsp3) is 0.771. The Morgan fingerprint density at radius 2 is 0.736 bits per heavy atom. The monoisotopic (exact) mass is 1770 g/mol. The third-order valence-electron chi connectivity index (χ3n) is 23.4. The van der Waals surface area contributed by atoms with Gasteiger partial charge in [-0.25, -0.2) is 4.79 Å². The van der Waals surface area contributed by atoms with Gasteiger partial charge in [0.25, 0.3) is 0 Å². The van der Waals surface area contributed by atoms with Crippen LogP contribution in [0.25, 0.3) is 0 Å². The number of primary amides is 1. The largest absolute Gasteiger partial charge is 0.480 e. The van der Waals surface area contributed by atoms with E-state index in [1.54, 1.807) is 111 Å². The molecule has 42 nitrogen and oxygen atoms in total. The van der Waals surface area contributed by atoms with Crippen LogP contribution in [0.2, 0.25) is 0 Å². The number of carboxylic acid groups (broad SMARTS) is 1. The maximum atomic E-state index is 14.7. The van der Waals surface area contributed by atoms with Crippen molar-refractivity contribution < 1.29 is 102 Å². The van der Waals surface area contributed by atoms with E-state index >= 15 is 0 Å². The molecule has 125 heavy (non-hydrogen) atoms. The molecule has 0 aliphatic carbocycles. The van der Waals surface area contributed by atoms with E-state index in [1.165, 1.54) is 16.7 Å². The molecule has 0 aromatic heterocycles. The Kier molecular flexibility index (Phi) is 43.4. The van der Waals surface area contributed by atoms with Crippen molar-refractivity contribution in [1.82, 2.24) is 83.4 Å². The summed E-state index contributed by atoms with van der Waals surface area (Å²) in [6, 6.07) is -21.0. The number of aliphatic hydroxyl groups is 2. The van der Waals surface area contributed by atoms with Crippen molar-refractivity contribution in [3.05, 3.63) is 0 Å². The first-order valence-electron chi connectivity index (χ1n) is 44.0. The molecule has 17 amide bonds. The Morgan fingerprint density at radius 1 is 0.400 bits per heavy atom. The minimum Gasteiger partial charge on any atom is -0.480 e. The summed E-state index contributed by atoms with van der Waals surface area (Å²) in [4.78, 5) is 260. The van der Waals surface area contributed by atoms with Crippen molar-refractivity contribution in [1.29, 1.82) is 0 Å². The lowest BCUT2D eigenvalue weighted by Crippen LogP contribution is -2.63. The number of hydrogen-bond acceptors (Lipinski definition) is 22. The van der Waals surface area contributed by atoms with Crippen molar-refractivity contribution in [2.75, 3.05) is 45.9 Å². The summed E-state index contributed by atoms with van der Waals surface area (Å²) in [7, 11) is 0. The van der Waals surface area contributed by atoms with Crippen LogP contribution >= 0.6 is 0 Å². The molecule has 0 unspecified atom stereocenters. The molecule has 0 bridgehead atoms. The summed E-state index contributed by atoms with van der Waals surface area (Å²) in [5.74, 6) is -19.1. The van der Waals surface area contributed by atoms with Crippen LogP contribution in [-0.2, 0) is 86.3 Å². The van der Waals surface area contributed by atoms with E-state index in [0.717, 1.165) is 9.80 Å². The van der Waals surface area contributed by atoms with Crippen LogP contribution < -0.4 is 86.7 Å². The number of nitrogens with zero attached hydrogens (tertiary/aromatic N) is 5. The zero-order valence-electron chi connectivity index (χ0n) is 75.7. The lowest BCUT2D eigenvalue weighted by molar-refractivity contribution is -0.145. The van der Waals surface area contributed by atoms with Crippen LogP contribution in [-0.4, -0.2) is 296 Å².